The van der Waals surface area contributed by atoms with Gasteiger partial charge < -0.3 is 4.90 Å². The topological polar surface area (TPSA) is 79.3 Å². The van der Waals surface area contributed by atoms with Crippen molar-refractivity contribution in [2.45, 2.75) is 4.90 Å². The highest BCUT2D eigenvalue weighted by atomic mass is 32.2. The van der Waals surface area contributed by atoms with Gasteiger partial charge in [-0.2, -0.15) is 4.31 Å². The summed E-state index contributed by atoms with van der Waals surface area (Å²) < 4.78 is 53.8. The predicted molar refractivity (Wildman–Crippen MR) is 103 cm³/mol. The van der Waals surface area contributed by atoms with E-state index in [0.29, 0.717) is 30.7 Å². The largest absolute Gasteiger partial charge is 0.352 e. The van der Waals surface area contributed by atoms with E-state index >= 15 is 0 Å². The molecule has 0 N–H and O–H groups in total. The maximum Gasteiger partial charge on any atom is 0.246 e. The van der Waals surface area contributed by atoms with Gasteiger partial charge in [0, 0.05) is 44.1 Å². The third-order valence-corrected chi connectivity index (χ3v) is 6.61. The van der Waals surface area contributed by atoms with Gasteiger partial charge >= 0.3 is 0 Å². The minimum atomic E-state index is -4.11. The van der Waals surface area contributed by atoms with Gasteiger partial charge in [-0.05, 0) is 42.5 Å². The van der Waals surface area contributed by atoms with Crippen LogP contribution in [0.2, 0.25) is 0 Å². The van der Waals surface area contributed by atoms with Crippen LogP contribution in [0.5, 0.6) is 0 Å². The Balaban J connectivity index is 1.46. The van der Waals surface area contributed by atoms with E-state index in [1.807, 2.05) is 29.2 Å². The molecule has 0 aliphatic carbocycles. The summed E-state index contributed by atoms with van der Waals surface area (Å²) in [6.07, 6.45) is 3.35. The predicted octanol–water partition coefficient (Wildman–Crippen LogP) is 2.33. The number of piperazine rings is 1. The Morgan fingerprint density at radius 3 is 2.24 bits per heavy atom. The second kappa shape index (κ2) is 7.80. The molecule has 0 bridgehead atoms. The van der Waals surface area contributed by atoms with Crippen molar-refractivity contribution in [3.63, 3.8) is 0 Å². The zero-order valence-corrected chi connectivity index (χ0v) is 16.1. The van der Waals surface area contributed by atoms with Gasteiger partial charge in [0.05, 0.1) is 5.69 Å². The molecule has 0 unspecified atom stereocenters. The Morgan fingerprint density at radius 2 is 1.59 bits per heavy atom. The summed E-state index contributed by atoms with van der Waals surface area (Å²) in [5.74, 6) is -1.14. The van der Waals surface area contributed by atoms with Gasteiger partial charge in [0.15, 0.2) is 5.82 Å². The van der Waals surface area contributed by atoms with Crippen molar-refractivity contribution in [1.29, 1.82) is 0 Å². The third-order valence-electron chi connectivity index (χ3n) is 4.70. The zero-order chi connectivity index (χ0) is 20.4. The first-order chi connectivity index (χ1) is 13.9. The summed E-state index contributed by atoms with van der Waals surface area (Å²) in [6, 6.07) is 9.74. The molecule has 1 saturated heterocycles. The van der Waals surface area contributed by atoms with Crippen molar-refractivity contribution < 1.29 is 17.2 Å². The van der Waals surface area contributed by atoms with Crippen LogP contribution in [-0.2, 0) is 10.0 Å². The van der Waals surface area contributed by atoms with Crippen LogP contribution >= 0.6 is 0 Å². The molecule has 10 heteroatoms. The quantitative estimate of drug-likeness (QED) is 0.648. The fourth-order valence-corrected chi connectivity index (χ4v) is 4.64. The summed E-state index contributed by atoms with van der Waals surface area (Å²) in [5.41, 5.74) is 1.60. The normalized spacial score (nSPS) is 15.4. The molecule has 0 amide bonds. The smallest absolute Gasteiger partial charge is 0.246 e. The van der Waals surface area contributed by atoms with Crippen molar-refractivity contribution in [3.8, 4) is 11.3 Å². The highest BCUT2D eigenvalue weighted by Gasteiger charge is 2.31. The van der Waals surface area contributed by atoms with E-state index in [1.54, 1.807) is 12.4 Å². The number of halogens is 2. The molecule has 1 fully saturated rings. The second-order valence-corrected chi connectivity index (χ2v) is 8.38. The lowest BCUT2D eigenvalue weighted by atomic mass is 10.2. The SMILES string of the molecule is O=S(=O)(c1cc(F)ccc1F)N1CCN(c2ccc(-c3ccncc3)nn2)CC1. The maximum atomic E-state index is 13.9. The monoisotopic (exact) mass is 417 g/mol. The first-order valence-electron chi connectivity index (χ1n) is 8.89. The van der Waals surface area contributed by atoms with E-state index < -0.39 is 26.6 Å². The molecule has 7 nitrogen and oxygen atoms in total. The number of benzene rings is 1. The van der Waals surface area contributed by atoms with Gasteiger partial charge in [-0.15, -0.1) is 10.2 Å². The van der Waals surface area contributed by atoms with Crippen molar-refractivity contribution >= 4 is 15.8 Å². The lowest BCUT2D eigenvalue weighted by Crippen LogP contribution is -2.49. The van der Waals surface area contributed by atoms with E-state index in [1.165, 1.54) is 0 Å². The second-order valence-electron chi connectivity index (χ2n) is 6.48. The minimum Gasteiger partial charge on any atom is -0.352 e. The van der Waals surface area contributed by atoms with E-state index in [9.17, 15) is 17.2 Å². The van der Waals surface area contributed by atoms with Crippen LogP contribution in [0.25, 0.3) is 11.3 Å². The van der Waals surface area contributed by atoms with Crippen LogP contribution in [0.1, 0.15) is 0 Å². The van der Waals surface area contributed by atoms with Crippen LogP contribution in [0.3, 0.4) is 0 Å². The average Bonchev–Trinajstić information content (AvgIpc) is 2.76. The Kier molecular flexibility index (Phi) is 5.20. The molecular formula is C19H17F2N5O2S. The van der Waals surface area contributed by atoms with Crippen LogP contribution in [0.4, 0.5) is 14.6 Å². The lowest BCUT2D eigenvalue weighted by molar-refractivity contribution is 0.380. The summed E-state index contributed by atoms with van der Waals surface area (Å²) in [7, 11) is -4.11. The van der Waals surface area contributed by atoms with Crippen molar-refractivity contribution in [2.75, 3.05) is 31.1 Å². The Labute approximate surface area is 166 Å². The fourth-order valence-electron chi connectivity index (χ4n) is 3.14. The molecule has 4 rings (SSSR count). The summed E-state index contributed by atoms with van der Waals surface area (Å²) >= 11 is 0. The van der Waals surface area contributed by atoms with Gasteiger partial charge in [0.25, 0.3) is 0 Å². The Hall–Kier alpha value is -2.98. The average molecular weight is 417 g/mol. The number of hydrogen-bond acceptors (Lipinski definition) is 6. The number of sulfonamides is 1. The summed E-state index contributed by atoms with van der Waals surface area (Å²) in [4.78, 5) is 5.22. The maximum absolute atomic E-state index is 13.9. The highest BCUT2D eigenvalue weighted by Crippen LogP contribution is 2.23. The van der Waals surface area contributed by atoms with Gasteiger partial charge in [0.2, 0.25) is 10.0 Å². The number of aromatic nitrogens is 3. The van der Waals surface area contributed by atoms with Gasteiger partial charge in [-0.25, -0.2) is 17.2 Å². The lowest BCUT2D eigenvalue weighted by Gasteiger charge is -2.34. The Morgan fingerprint density at radius 1 is 0.862 bits per heavy atom. The highest BCUT2D eigenvalue weighted by molar-refractivity contribution is 7.89. The number of anilines is 1. The zero-order valence-electron chi connectivity index (χ0n) is 15.2. The van der Waals surface area contributed by atoms with E-state index in [-0.39, 0.29) is 13.1 Å². The molecule has 29 heavy (non-hydrogen) atoms. The molecule has 1 aliphatic rings. The third kappa shape index (κ3) is 3.94. The molecule has 2 aromatic heterocycles. The number of rotatable bonds is 4. The van der Waals surface area contributed by atoms with Crippen molar-refractivity contribution in [1.82, 2.24) is 19.5 Å². The minimum absolute atomic E-state index is 0.131. The first-order valence-corrected chi connectivity index (χ1v) is 10.3. The summed E-state index contributed by atoms with van der Waals surface area (Å²) in [6.45, 7) is 0.983. The number of hydrogen-bond donors (Lipinski definition) is 0. The van der Waals surface area contributed by atoms with Gasteiger partial charge in [-0.3, -0.25) is 4.98 Å². The fraction of sp³-hybridized carbons (Fsp3) is 0.211. The summed E-state index contributed by atoms with van der Waals surface area (Å²) in [5, 5.41) is 8.45. The molecule has 1 aliphatic heterocycles. The van der Waals surface area contributed by atoms with E-state index in [2.05, 4.69) is 15.2 Å². The Bertz CT molecular complexity index is 1100. The van der Waals surface area contributed by atoms with Crippen molar-refractivity contribution in [3.05, 3.63) is 66.5 Å². The van der Waals surface area contributed by atoms with Crippen LogP contribution in [0.15, 0.2) is 59.8 Å². The molecular weight excluding hydrogens is 400 g/mol. The van der Waals surface area contributed by atoms with E-state index in [4.69, 9.17) is 0 Å². The molecule has 0 radical (unpaired) electrons. The standard InChI is InChI=1S/C19H17F2N5O2S/c20-15-1-2-16(21)18(13-15)29(27,28)26-11-9-25(10-12-26)19-4-3-17(23-24-19)14-5-7-22-8-6-14/h1-8,13H,9-12H2. The van der Waals surface area contributed by atoms with Crippen LogP contribution in [0, 0.1) is 11.6 Å². The molecule has 0 spiro atoms. The molecule has 150 valence electrons. The molecule has 0 saturated carbocycles. The first kappa shape index (κ1) is 19.3. The van der Waals surface area contributed by atoms with Crippen LogP contribution < -0.4 is 4.90 Å². The molecule has 0 atom stereocenters. The van der Waals surface area contributed by atoms with Gasteiger partial charge in [0.1, 0.15) is 16.5 Å². The van der Waals surface area contributed by atoms with Crippen LogP contribution in [-0.4, -0.2) is 54.1 Å². The molecule has 3 heterocycles. The number of nitrogens with zero attached hydrogens (tertiary/aromatic N) is 5. The van der Waals surface area contributed by atoms with E-state index in [0.717, 1.165) is 22.0 Å². The molecule has 3 aromatic rings. The molecule has 1 aromatic carbocycles. The number of pyridine rings is 1. The van der Waals surface area contributed by atoms with Crippen molar-refractivity contribution in [2.24, 2.45) is 0 Å². The van der Waals surface area contributed by atoms with Gasteiger partial charge in [-0.1, -0.05) is 0 Å².